The van der Waals surface area contributed by atoms with Crippen LogP contribution in [0.15, 0.2) is 71.7 Å². The standard InChI is InChI=1S/C24H25F3N6/c1-32-13-15-33(16-14-32)18-11-9-17(10-12-18)29-23(28)31-22-8-4-7-21(30-22)19-5-2-3-6-20(19)24(25,26)27/h2-12H,13-16H2,1H3,(H3,28,29,30,31). The van der Waals surface area contributed by atoms with E-state index < -0.39 is 11.7 Å². The van der Waals surface area contributed by atoms with Gasteiger partial charge in [0.25, 0.3) is 0 Å². The van der Waals surface area contributed by atoms with Crippen molar-refractivity contribution < 1.29 is 13.2 Å². The molecule has 6 nitrogen and oxygen atoms in total. The van der Waals surface area contributed by atoms with Gasteiger partial charge in [-0.1, -0.05) is 24.3 Å². The van der Waals surface area contributed by atoms with Crippen LogP contribution in [-0.4, -0.2) is 49.1 Å². The van der Waals surface area contributed by atoms with Gasteiger partial charge < -0.3 is 20.9 Å². The Morgan fingerprint density at radius 2 is 1.64 bits per heavy atom. The van der Waals surface area contributed by atoms with E-state index in [1.165, 1.54) is 18.2 Å². The van der Waals surface area contributed by atoms with Gasteiger partial charge >= 0.3 is 6.18 Å². The Morgan fingerprint density at radius 1 is 0.939 bits per heavy atom. The molecule has 0 aliphatic carbocycles. The number of halogens is 3. The topological polar surface area (TPSA) is 69.8 Å². The summed E-state index contributed by atoms with van der Waals surface area (Å²) in [5, 5.41) is 3.00. The second kappa shape index (κ2) is 9.50. The summed E-state index contributed by atoms with van der Waals surface area (Å²) < 4.78 is 40.1. The van der Waals surface area contributed by atoms with E-state index in [1.54, 1.807) is 18.2 Å². The number of anilines is 2. The Labute approximate surface area is 190 Å². The van der Waals surface area contributed by atoms with Crippen LogP contribution in [0, 0.1) is 0 Å². The number of hydrogen-bond acceptors (Lipinski definition) is 4. The summed E-state index contributed by atoms with van der Waals surface area (Å²) in [7, 11) is 2.12. The van der Waals surface area contributed by atoms with Crippen molar-refractivity contribution in [3.63, 3.8) is 0 Å². The van der Waals surface area contributed by atoms with Gasteiger partial charge in [-0.25, -0.2) is 4.98 Å². The van der Waals surface area contributed by atoms with Crippen LogP contribution in [0.2, 0.25) is 0 Å². The number of likely N-dealkylation sites (N-methyl/N-ethyl adjacent to an activating group) is 1. The minimum Gasteiger partial charge on any atom is -0.369 e. The van der Waals surface area contributed by atoms with E-state index in [-0.39, 0.29) is 23.0 Å². The molecule has 0 spiro atoms. The molecule has 9 heteroatoms. The zero-order chi connectivity index (χ0) is 23.4. The van der Waals surface area contributed by atoms with Gasteiger partial charge in [-0.3, -0.25) is 0 Å². The van der Waals surface area contributed by atoms with Crippen molar-refractivity contribution in [2.24, 2.45) is 10.7 Å². The summed E-state index contributed by atoms with van der Waals surface area (Å²) in [5.74, 6) is 0.305. The van der Waals surface area contributed by atoms with Crippen molar-refractivity contribution in [3.05, 3.63) is 72.3 Å². The number of piperazine rings is 1. The Morgan fingerprint density at radius 3 is 2.33 bits per heavy atom. The average molecular weight is 455 g/mol. The number of nitrogens with one attached hydrogen (secondary N) is 1. The van der Waals surface area contributed by atoms with Gasteiger partial charge in [0.1, 0.15) is 0 Å². The molecule has 1 saturated heterocycles. The second-order valence-electron chi connectivity index (χ2n) is 7.88. The van der Waals surface area contributed by atoms with E-state index in [9.17, 15) is 13.2 Å². The van der Waals surface area contributed by atoms with Crippen molar-refractivity contribution in [1.82, 2.24) is 9.88 Å². The van der Waals surface area contributed by atoms with Gasteiger partial charge in [0.2, 0.25) is 0 Å². The number of alkyl halides is 3. The molecule has 33 heavy (non-hydrogen) atoms. The Bertz CT molecular complexity index is 1120. The molecule has 1 aliphatic rings. The first-order valence-corrected chi connectivity index (χ1v) is 10.6. The lowest BCUT2D eigenvalue weighted by atomic mass is 10.0. The summed E-state index contributed by atoms with van der Waals surface area (Å²) in [6.07, 6.45) is -4.48. The number of rotatable bonds is 4. The van der Waals surface area contributed by atoms with Crippen LogP contribution in [0.5, 0.6) is 0 Å². The third-order valence-electron chi connectivity index (χ3n) is 5.49. The van der Waals surface area contributed by atoms with E-state index in [1.807, 2.05) is 24.3 Å². The molecule has 1 aliphatic heterocycles. The normalized spacial score (nSPS) is 15.5. The molecule has 2 heterocycles. The molecule has 1 aromatic heterocycles. The third kappa shape index (κ3) is 5.61. The minimum atomic E-state index is -4.48. The Kier molecular flexibility index (Phi) is 6.50. The van der Waals surface area contributed by atoms with Crippen LogP contribution in [0.4, 0.5) is 30.4 Å². The smallest absolute Gasteiger partial charge is 0.369 e. The number of benzene rings is 2. The predicted molar refractivity (Wildman–Crippen MR) is 126 cm³/mol. The average Bonchev–Trinajstić information content (AvgIpc) is 2.80. The maximum Gasteiger partial charge on any atom is 0.417 e. The number of aliphatic imine (C=N–C) groups is 1. The maximum atomic E-state index is 13.4. The van der Waals surface area contributed by atoms with Crippen LogP contribution < -0.4 is 16.0 Å². The summed E-state index contributed by atoms with van der Waals surface area (Å²) in [6, 6.07) is 17.9. The molecular formula is C24H25F3N6. The SMILES string of the molecule is CN1CCN(c2ccc(N/C(N)=N/c3cccc(-c4ccccc4C(F)(F)F)n3)cc2)CC1. The fraction of sp³-hybridized carbons (Fsp3) is 0.250. The summed E-state index contributed by atoms with van der Waals surface area (Å²) in [5.41, 5.74) is 7.35. The number of nitrogens with two attached hydrogens (primary N) is 1. The van der Waals surface area contributed by atoms with Crippen LogP contribution in [0.3, 0.4) is 0 Å². The number of nitrogens with zero attached hydrogens (tertiary/aromatic N) is 4. The second-order valence-corrected chi connectivity index (χ2v) is 7.88. The molecule has 1 fully saturated rings. The number of aromatic nitrogens is 1. The number of guanidine groups is 1. The lowest BCUT2D eigenvalue weighted by molar-refractivity contribution is -0.137. The highest BCUT2D eigenvalue weighted by Gasteiger charge is 2.33. The first kappa shape index (κ1) is 22.6. The summed E-state index contributed by atoms with van der Waals surface area (Å²) in [4.78, 5) is 13.1. The van der Waals surface area contributed by atoms with Crippen molar-refractivity contribution in [2.45, 2.75) is 6.18 Å². The highest BCUT2D eigenvalue weighted by molar-refractivity contribution is 5.94. The molecule has 3 aromatic rings. The largest absolute Gasteiger partial charge is 0.417 e. The highest BCUT2D eigenvalue weighted by atomic mass is 19.4. The molecule has 0 unspecified atom stereocenters. The van der Waals surface area contributed by atoms with Gasteiger partial charge in [0.05, 0.1) is 11.3 Å². The minimum absolute atomic E-state index is 0.00641. The van der Waals surface area contributed by atoms with E-state index >= 15 is 0 Å². The molecule has 4 rings (SSSR count). The van der Waals surface area contributed by atoms with Crippen molar-refractivity contribution in [3.8, 4) is 11.3 Å². The predicted octanol–water partition coefficient (Wildman–Crippen LogP) is 4.58. The molecule has 0 atom stereocenters. The molecule has 0 saturated carbocycles. The fourth-order valence-electron chi connectivity index (χ4n) is 3.71. The molecule has 2 aromatic carbocycles. The lowest BCUT2D eigenvalue weighted by Crippen LogP contribution is -2.44. The van der Waals surface area contributed by atoms with Crippen LogP contribution in [-0.2, 0) is 6.18 Å². The van der Waals surface area contributed by atoms with Crippen LogP contribution in [0.25, 0.3) is 11.3 Å². The maximum absolute atomic E-state index is 13.4. The van der Waals surface area contributed by atoms with Gasteiger partial charge in [-0.05, 0) is 49.5 Å². The quantitative estimate of drug-likeness (QED) is 0.446. The van der Waals surface area contributed by atoms with Gasteiger partial charge in [-0.15, -0.1) is 0 Å². The Balaban J connectivity index is 1.48. The van der Waals surface area contributed by atoms with Gasteiger partial charge in [0.15, 0.2) is 11.8 Å². The van der Waals surface area contributed by atoms with E-state index in [4.69, 9.17) is 5.73 Å². The van der Waals surface area contributed by atoms with Crippen LogP contribution in [0.1, 0.15) is 5.56 Å². The zero-order valence-corrected chi connectivity index (χ0v) is 18.2. The Hall–Kier alpha value is -3.59. The number of hydrogen-bond donors (Lipinski definition) is 2. The molecular weight excluding hydrogens is 429 g/mol. The first-order chi connectivity index (χ1) is 15.8. The molecule has 0 radical (unpaired) electrons. The lowest BCUT2D eigenvalue weighted by Gasteiger charge is -2.34. The fourth-order valence-corrected chi connectivity index (χ4v) is 3.71. The van der Waals surface area contributed by atoms with Crippen LogP contribution >= 0.6 is 0 Å². The highest BCUT2D eigenvalue weighted by Crippen LogP contribution is 2.36. The molecule has 3 N–H and O–H groups in total. The monoisotopic (exact) mass is 454 g/mol. The summed E-state index contributed by atoms with van der Waals surface area (Å²) >= 11 is 0. The van der Waals surface area contributed by atoms with Crippen molar-refractivity contribution in [1.29, 1.82) is 0 Å². The molecule has 172 valence electrons. The van der Waals surface area contributed by atoms with E-state index in [0.29, 0.717) is 0 Å². The van der Waals surface area contributed by atoms with Crippen molar-refractivity contribution >= 4 is 23.2 Å². The third-order valence-corrected chi connectivity index (χ3v) is 5.49. The molecule has 0 bridgehead atoms. The summed E-state index contributed by atoms with van der Waals surface area (Å²) in [6.45, 7) is 4.01. The van der Waals surface area contributed by atoms with Gasteiger partial charge in [-0.2, -0.15) is 18.2 Å². The van der Waals surface area contributed by atoms with Gasteiger partial charge in [0, 0.05) is 43.1 Å². The zero-order valence-electron chi connectivity index (χ0n) is 18.2. The van der Waals surface area contributed by atoms with E-state index in [2.05, 4.69) is 32.1 Å². The number of pyridine rings is 1. The molecule has 0 amide bonds. The first-order valence-electron chi connectivity index (χ1n) is 10.6. The van der Waals surface area contributed by atoms with E-state index in [0.717, 1.165) is 43.6 Å². The van der Waals surface area contributed by atoms with Crippen molar-refractivity contribution in [2.75, 3.05) is 43.4 Å².